The summed E-state index contributed by atoms with van der Waals surface area (Å²) < 4.78 is 0. The molecule has 0 aromatic heterocycles. The predicted molar refractivity (Wildman–Crippen MR) is 109 cm³/mol. The first-order valence-corrected chi connectivity index (χ1v) is 9.42. The molecule has 2 aromatic rings. The zero-order valence-corrected chi connectivity index (χ0v) is 16.4. The van der Waals surface area contributed by atoms with Gasteiger partial charge in [-0.15, -0.1) is 0 Å². The zero-order valence-electron chi connectivity index (χ0n) is 16.4. The number of nitrogens with zero attached hydrogens (tertiary/aromatic N) is 1. The predicted octanol–water partition coefficient (Wildman–Crippen LogP) is 3.65. The Labute approximate surface area is 164 Å². The summed E-state index contributed by atoms with van der Waals surface area (Å²) in [6.45, 7) is 5.96. The molecule has 0 aliphatic carbocycles. The van der Waals surface area contributed by atoms with Crippen molar-refractivity contribution >= 4 is 29.1 Å². The third-order valence-corrected chi connectivity index (χ3v) is 4.70. The van der Waals surface area contributed by atoms with Crippen molar-refractivity contribution in [2.75, 3.05) is 10.6 Å². The molecule has 0 saturated heterocycles. The Bertz CT molecular complexity index is 890. The van der Waals surface area contributed by atoms with Crippen LogP contribution in [0.2, 0.25) is 0 Å². The van der Waals surface area contributed by atoms with Crippen molar-refractivity contribution in [3.8, 4) is 0 Å². The third kappa shape index (κ3) is 4.39. The van der Waals surface area contributed by atoms with Crippen LogP contribution >= 0.6 is 0 Å². The highest BCUT2D eigenvalue weighted by Gasteiger charge is 2.36. The minimum Gasteiger partial charge on any atom is -0.326 e. The lowest BCUT2D eigenvalue weighted by Gasteiger charge is -2.28. The largest absolute Gasteiger partial charge is 0.326 e. The van der Waals surface area contributed by atoms with Crippen molar-refractivity contribution < 1.29 is 14.4 Å². The van der Waals surface area contributed by atoms with Gasteiger partial charge in [-0.25, -0.2) is 0 Å². The number of carbonyl (C=O) groups is 3. The minimum atomic E-state index is -0.546. The van der Waals surface area contributed by atoms with Crippen LogP contribution in [0, 0.1) is 5.92 Å². The van der Waals surface area contributed by atoms with Crippen LogP contribution in [0.1, 0.15) is 43.1 Å². The summed E-state index contributed by atoms with van der Waals surface area (Å²) in [5.74, 6) is -0.199. The molecule has 6 nitrogen and oxygen atoms in total. The number of benzene rings is 2. The maximum absolute atomic E-state index is 13.0. The standard InChI is InChI=1S/C22H25N3O3/c1-14(2)12-20(25-13-16-6-4-5-7-19(16)22(25)28)21(27)24-18-10-8-17(9-11-18)23-15(3)26/h4-11,14,20H,12-13H2,1-3H3,(H,23,26)(H,24,27). The van der Waals surface area contributed by atoms with Crippen LogP contribution in [0.15, 0.2) is 48.5 Å². The monoisotopic (exact) mass is 379 g/mol. The zero-order chi connectivity index (χ0) is 20.3. The number of rotatable bonds is 6. The molecule has 28 heavy (non-hydrogen) atoms. The van der Waals surface area contributed by atoms with Crippen molar-refractivity contribution in [2.24, 2.45) is 5.92 Å². The molecule has 2 aromatic carbocycles. The average Bonchev–Trinajstić information content (AvgIpc) is 2.97. The quantitative estimate of drug-likeness (QED) is 0.804. The van der Waals surface area contributed by atoms with E-state index in [1.54, 1.807) is 29.2 Å². The van der Waals surface area contributed by atoms with E-state index in [2.05, 4.69) is 10.6 Å². The molecule has 0 radical (unpaired) electrons. The van der Waals surface area contributed by atoms with Gasteiger partial charge in [0.1, 0.15) is 6.04 Å². The van der Waals surface area contributed by atoms with Crippen LogP contribution in [-0.2, 0) is 16.1 Å². The fraction of sp³-hybridized carbons (Fsp3) is 0.318. The molecule has 0 bridgehead atoms. The number of amides is 3. The number of anilines is 2. The molecule has 0 spiro atoms. The molecule has 1 unspecified atom stereocenters. The van der Waals surface area contributed by atoms with E-state index >= 15 is 0 Å². The van der Waals surface area contributed by atoms with Crippen molar-refractivity contribution in [3.63, 3.8) is 0 Å². The molecule has 6 heteroatoms. The highest BCUT2D eigenvalue weighted by molar-refractivity contribution is 6.03. The van der Waals surface area contributed by atoms with E-state index in [0.717, 1.165) is 5.56 Å². The van der Waals surface area contributed by atoms with Crippen molar-refractivity contribution in [2.45, 2.75) is 39.8 Å². The van der Waals surface area contributed by atoms with E-state index in [4.69, 9.17) is 0 Å². The summed E-state index contributed by atoms with van der Waals surface area (Å²) in [6.07, 6.45) is 0.579. The van der Waals surface area contributed by atoms with Gasteiger partial charge in [0.25, 0.3) is 5.91 Å². The third-order valence-electron chi connectivity index (χ3n) is 4.70. The summed E-state index contributed by atoms with van der Waals surface area (Å²) in [5, 5.41) is 5.60. The van der Waals surface area contributed by atoms with Gasteiger partial charge in [-0.1, -0.05) is 32.0 Å². The number of fused-ring (bicyclic) bond motifs is 1. The molecule has 146 valence electrons. The van der Waals surface area contributed by atoms with E-state index in [-0.39, 0.29) is 23.6 Å². The Hall–Kier alpha value is -3.15. The molecular formula is C22H25N3O3. The lowest BCUT2D eigenvalue weighted by Crippen LogP contribution is -2.45. The number of carbonyl (C=O) groups excluding carboxylic acids is 3. The van der Waals surface area contributed by atoms with Gasteiger partial charge in [-0.2, -0.15) is 0 Å². The van der Waals surface area contributed by atoms with Crippen LogP contribution in [0.4, 0.5) is 11.4 Å². The van der Waals surface area contributed by atoms with Crippen LogP contribution in [-0.4, -0.2) is 28.7 Å². The fourth-order valence-electron chi connectivity index (χ4n) is 3.42. The van der Waals surface area contributed by atoms with Crippen molar-refractivity contribution in [1.82, 2.24) is 4.90 Å². The summed E-state index contributed by atoms with van der Waals surface area (Å²) in [5.41, 5.74) is 2.91. The van der Waals surface area contributed by atoms with Gasteiger partial charge in [0.2, 0.25) is 11.8 Å². The lowest BCUT2D eigenvalue weighted by molar-refractivity contribution is -0.121. The van der Waals surface area contributed by atoms with Crippen molar-refractivity contribution in [1.29, 1.82) is 0 Å². The van der Waals surface area contributed by atoms with E-state index in [9.17, 15) is 14.4 Å². The van der Waals surface area contributed by atoms with Crippen LogP contribution in [0.25, 0.3) is 0 Å². The summed E-state index contributed by atoms with van der Waals surface area (Å²) >= 11 is 0. The molecule has 1 aliphatic rings. The van der Waals surface area contributed by atoms with Gasteiger partial charge in [-0.05, 0) is 48.2 Å². The Morgan fingerprint density at radius 3 is 2.18 bits per heavy atom. The van der Waals surface area contributed by atoms with Crippen LogP contribution in [0.5, 0.6) is 0 Å². The Balaban J connectivity index is 1.76. The second kappa shape index (κ2) is 8.25. The van der Waals surface area contributed by atoms with Gasteiger partial charge >= 0.3 is 0 Å². The fourth-order valence-corrected chi connectivity index (χ4v) is 3.42. The molecule has 1 atom stereocenters. The molecule has 3 amide bonds. The van der Waals surface area contributed by atoms with E-state index < -0.39 is 6.04 Å². The Morgan fingerprint density at radius 1 is 1.00 bits per heavy atom. The second-order valence-electron chi connectivity index (χ2n) is 7.48. The summed E-state index contributed by atoms with van der Waals surface area (Å²) in [6, 6.07) is 13.9. The number of nitrogens with one attached hydrogen (secondary N) is 2. The van der Waals surface area contributed by atoms with Gasteiger partial charge in [0.05, 0.1) is 0 Å². The first-order valence-electron chi connectivity index (χ1n) is 9.42. The highest BCUT2D eigenvalue weighted by Crippen LogP contribution is 2.27. The van der Waals surface area contributed by atoms with Crippen LogP contribution < -0.4 is 10.6 Å². The molecular weight excluding hydrogens is 354 g/mol. The van der Waals surface area contributed by atoms with Gasteiger partial charge in [-0.3, -0.25) is 14.4 Å². The first kappa shape index (κ1) is 19.6. The topological polar surface area (TPSA) is 78.5 Å². The highest BCUT2D eigenvalue weighted by atomic mass is 16.2. The normalized spacial score (nSPS) is 14.0. The maximum Gasteiger partial charge on any atom is 0.255 e. The molecule has 2 N–H and O–H groups in total. The SMILES string of the molecule is CC(=O)Nc1ccc(NC(=O)C(CC(C)C)N2Cc3ccccc3C2=O)cc1. The van der Waals surface area contributed by atoms with E-state index in [1.165, 1.54) is 6.92 Å². The molecule has 0 saturated carbocycles. The van der Waals surface area contributed by atoms with E-state index in [0.29, 0.717) is 29.9 Å². The second-order valence-corrected chi connectivity index (χ2v) is 7.48. The Morgan fingerprint density at radius 2 is 1.61 bits per heavy atom. The summed E-state index contributed by atoms with van der Waals surface area (Å²) in [7, 11) is 0. The minimum absolute atomic E-state index is 0.0996. The number of hydrogen-bond acceptors (Lipinski definition) is 3. The molecule has 1 aliphatic heterocycles. The average molecular weight is 379 g/mol. The summed E-state index contributed by atoms with van der Waals surface area (Å²) in [4.78, 5) is 38.6. The Kier molecular flexibility index (Phi) is 5.78. The van der Waals surface area contributed by atoms with Crippen LogP contribution in [0.3, 0.4) is 0 Å². The van der Waals surface area contributed by atoms with Gasteiger partial charge in [0.15, 0.2) is 0 Å². The first-order chi connectivity index (χ1) is 13.3. The van der Waals surface area contributed by atoms with Crippen molar-refractivity contribution in [3.05, 3.63) is 59.7 Å². The van der Waals surface area contributed by atoms with E-state index in [1.807, 2.05) is 38.1 Å². The molecule has 3 rings (SSSR count). The van der Waals surface area contributed by atoms with Gasteiger partial charge < -0.3 is 15.5 Å². The molecule has 1 heterocycles. The maximum atomic E-state index is 13.0. The molecule has 0 fully saturated rings. The van der Waals surface area contributed by atoms with Gasteiger partial charge in [0, 0.05) is 30.4 Å². The number of hydrogen-bond donors (Lipinski definition) is 2. The smallest absolute Gasteiger partial charge is 0.255 e. The lowest BCUT2D eigenvalue weighted by atomic mass is 10.0.